The Morgan fingerprint density at radius 3 is 1.70 bits per heavy atom. The number of amides is 12. The predicted molar refractivity (Wildman–Crippen MR) is 561 cm³/mol. The number of fused-ring (bicyclic) bond motifs is 3. The van der Waals surface area contributed by atoms with E-state index in [9.17, 15) is 72.1 Å². The molecule has 149 heavy (non-hydrogen) atoms. The summed E-state index contributed by atoms with van der Waals surface area (Å²) in [5, 5.41) is 44.4. The number of benzene rings is 8. The standard InChI is InChI=1S/C62H72N8O10S2.C48H47FN8O9S/c1-41-22-34-81-55(41)45-12-10-42(11-13-45)38-64-57(74)51-37-49(71)40-69(51)60(77)56(62(2,3)4)65-52(72)20-28-78-30-32-80-33-31-79-29-21-53(73)68-26-24-67(25-27-68)48-18-16-43(17-19-48)46-14-15-47-39-70(59(76)50(47)36-46)54(44-8-6-5-7-9-44)58(75)66-61-63-23-35-82-61;49-32-8-12-39(58)36(27-32)42(44(61)53-48-51-15-25-67-48)56-28-31-5-4-30(26-35(31)45(56)62)29-6-9-33(10-7-29)55-18-16-54(17-19-55)20-22-66-24-23-65-21-14-50-37-3-1-2-34-41(37)47(64)57(46(34)63)38-11-13-40(59)52-43(38)60/h5-19,22-23,34-36,49,51,54,56,71H,20-21,24-33,37-40H2,1-4H3,(H,64,74)(H,65,72)(H,63,66,75);1-10,12,15,25-27,38,42,50,58H,11,13-14,16-24,28H2,(H,51,53,61)(H,52,59,60)/t49-,51+,54?,56-;/m1./s1. The Morgan fingerprint density at radius 2 is 1.12 bits per heavy atom. The van der Waals surface area contributed by atoms with Gasteiger partial charge in [0, 0.05) is 173 Å². The summed E-state index contributed by atoms with van der Waals surface area (Å²) in [6.45, 7) is 18.6. The van der Waals surface area contributed by atoms with Crippen LogP contribution in [-0.4, -0.2) is 283 Å². The Balaban J connectivity index is 0.000000207. The summed E-state index contributed by atoms with van der Waals surface area (Å²) < 4.78 is 43.0. The molecule has 4 fully saturated rings. The number of thiophene rings is 1. The summed E-state index contributed by atoms with van der Waals surface area (Å²) in [5.74, 6) is -5.83. The van der Waals surface area contributed by atoms with Crippen LogP contribution in [-0.2, 0) is 81.7 Å². The number of carbonyl (C=O) groups excluding carboxylic acids is 12. The average Bonchev–Trinajstić information content (AvgIpc) is 1.60. The van der Waals surface area contributed by atoms with E-state index in [0.29, 0.717) is 112 Å². The molecule has 7 aliphatic heterocycles. The number of nitrogens with zero attached hydrogens (tertiary/aromatic N) is 10. The van der Waals surface area contributed by atoms with Crippen molar-refractivity contribution in [1.82, 2.24) is 55.3 Å². The predicted octanol–water partition coefficient (Wildman–Crippen LogP) is 12.1. The zero-order valence-corrected chi connectivity index (χ0v) is 85.5. The van der Waals surface area contributed by atoms with E-state index < -0.39 is 88.9 Å². The number of aryl methyl sites for hydroxylation is 1. The molecule has 10 heterocycles. The molecule has 12 amide bonds. The maximum atomic E-state index is 14.4. The quantitative estimate of drug-likeness (QED) is 0.0130. The molecule has 0 saturated carbocycles. The van der Waals surface area contributed by atoms with E-state index in [1.54, 1.807) is 51.4 Å². The minimum absolute atomic E-state index is 0.00954. The van der Waals surface area contributed by atoms with Gasteiger partial charge in [-0.15, -0.1) is 34.0 Å². The molecule has 18 rings (SSSR count). The van der Waals surface area contributed by atoms with Crippen LogP contribution in [0.3, 0.4) is 0 Å². The second-order valence-electron chi connectivity index (χ2n) is 38.2. The number of aromatic hydroxyl groups is 1. The van der Waals surface area contributed by atoms with Gasteiger partial charge in [-0.05, 0) is 153 Å². The number of thiazole rings is 2. The Hall–Kier alpha value is -14.4. The molecule has 0 aliphatic carbocycles. The molecule has 8 aromatic carbocycles. The molecule has 11 aromatic rings. The van der Waals surface area contributed by atoms with E-state index in [-0.39, 0.29) is 130 Å². The molecule has 39 heteroatoms. The highest BCUT2D eigenvalue weighted by Gasteiger charge is 2.49. The smallest absolute Gasteiger partial charge is 0.264 e. The van der Waals surface area contributed by atoms with E-state index in [4.69, 9.17) is 23.7 Å². The van der Waals surface area contributed by atoms with E-state index >= 15 is 0 Å². The first-order chi connectivity index (χ1) is 72.1. The molecule has 35 nitrogen and oxygen atoms in total. The van der Waals surface area contributed by atoms with Gasteiger partial charge in [-0.3, -0.25) is 83.3 Å². The molecule has 8 N–H and O–H groups in total. The normalized spacial score (nSPS) is 17.3. The number of piperidine rings is 1. The Bertz CT molecular complexity index is 6640. The molecule has 0 radical (unpaired) electrons. The van der Waals surface area contributed by atoms with Gasteiger partial charge in [0.1, 0.15) is 41.8 Å². The van der Waals surface area contributed by atoms with Gasteiger partial charge in [-0.25, -0.2) is 14.4 Å². The summed E-state index contributed by atoms with van der Waals surface area (Å²) in [5.41, 5.74) is 12.5. The first kappa shape index (κ1) is 106. The molecule has 0 spiro atoms. The van der Waals surface area contributed by atoms with Crippen molar-refractivity contribution >= 4 is 132 Å². The highest BCUT2D eigenvalue weighted by atomic mass is 32.1. The number of hydrogen-bond donors (Lipinski definition) is 8. The third kappa shape index (κ3) is 26.0. The zero-order chi connectivity index (χ0) is 104. The third-order valence-corrected chi connectivity index (χ3v) is 29.8. The fourth-order valence-corrected chi connectivity index (χ4v) is 21.4. The Kier molecular flexibility index (Phi) is 35.0. The number of nitrogens with one attached hydrogen (secondary N) is 6. The monoisotopic (exact) mass is 2080 g/mol. The number of phenolic OH excluding ortho intramolecular Hbond substituents is 1. The SMILES string of the molecule is Cc1ccsc1-c1ccc(CNC(=O)[C@@H]2C[C@@H](O)CN2C(=O)[C@@H](NC(=O)CCOCCOCCOCCC(=O)N2CCN(c3ccc(-c4ccc5c(c4)C(=O)N(C(C(=O)Nc4nccs4)c4ccccc4)C5)cc3)CC2)C(C)(C)C)cc1.O=C1CCC(N2C(=O)c3cccc(NCCOCCOCCN4CCN(c5ccc(-c6ccc7c(c6)C(=O)N(C(C(=O)Nc6nccs6)c6cc(F)ccc6O)C7)cc5)CC4)c3C2=O)C(=O)N1. The lowest BCUT2D eigenvalue weighted by Crippen LogP contribution is -2.57. The lowest BCUT2D eigenvalue weighted by Gasteiger charge is -2.36. The topological polar surface area (TPSA) is 415 Å². The number of likely N-dealkylation sites (tertiary alicyclic amines) is 1. The van der Waals surface area contributed by atoms with E-state index in [1.165, 1.54) is 55.2 Å². The van der Waals surface area contributed by atoms with Crippen LogP contribution in [0.5, 0.6) is 5.75 Å². The first-order valence-electron chi connectivity index (χ1n) is 49.8. The summed E-state index contributed by atoms with van der Waals surface area (Å²) in [7, 11) is 0. The van der Waals surface area contributed by atoms with Crippen molar-refractivity contribution in [1.29, 1.82) is 0 Å². The van der Waals surface area contributed by atoms with Gasteiger partial charge < -0.3 is 79.2 Å². The highest BCUT2D eigenvalue weighted by Crippen LogP contribution is 2.42. The van der Waals surface area contributed by atoms with Crippen molar-refractivity contribution in [2.45, 2.75) is 116 Å². The van der Waals surface area contributed by atoms with E-state index in [0.717, 1.165) is 106 Å². The second-order valence-corrected chi connectivity index (χ2v) is 41.0. The average molecular weight is 2080 g/mol. The summed E-state index contributed by atoms with van der Waals surface area (Å²) in [6.07, 6.45) is 2.81. The number of aromatic nitrogens is 2. The van der Waals surface area contributed by atoms with Crippen LogP contribution in [0.1, 0.15) is 140 Å². The van der Waals surface area contributed by atoms with Crippen LogP contribution in [0.15, 0.2) is 211 Å². The number of piperazine rings is 2. The molecule has 4 saturated heterocycles. The van der Waals surface area contributed by atoms with Gasteiger partial charge in [0.25, 0.3) is 35.4 Å². The number of halogens is 1. The number of aliphatic hydroxyl groups excluding tert-OH is 1. The highest BCUT2D eigenvalue weighted by molar-refractivity contribution is 7.14. The number of imide groups is 2. The number of phenols is 1. The number of ether oxygens (including phenoxy) is 5. The van der Waals surface area contributed by atoms with Crippen LogP contribution in [0.4, 0.5) is 31.7 Å². The van der Waals surface area contributed by atoms with Crippen molar-refractivity contribution in [3.8, 4) is 38.4 Å². The molecule has 6 atom stereocenters. The van der Waals surface area contributed by atoms with E-state index in [1.807, 2.05) is 141 Å². The summed E-state index contributed by atoms with van der Waals surface area (Å²) in [4.78, 5) is 183. The summed E-state index contributed by atoms with van der Waals surface area (Å²) in [6, 6.07) is 50.6. The summed E-state index contributed by atoms with van der Waals surface area (Å²) >= 11 is 4.20. The van der Waals surface area contributed by atoms with Gasteiger partial charge in [0.15, 0.2) is 10.3 Å². The lowest BCUT2D eigenvalue weighted by atomic mass is 9.85. The van der Waals surface area contributed by atoms with Gasteiger partial charge in [0.2, 0.25) is 35.4 Å². The molecular weight excluding hydrogens is 1960 g/mol. The van der Waals surface area contributed by atoms with Crippen LogP contribution >= 0.6 is 34.0 Å². The molecular formula is C110H119FN16O19S3. The largest absolute Gasteiger partial charge is 0.508 e. The van der Waals surface area contributed by atoms with Crippen LogP contribution in [0.25, 0.3) is 32.7 Å². The van der Waals surface area contributed by atoms with Gasteiger partial charge in [-0.2, -0.15) is 0 Å². The lowest BCUT2D eigenvalue weighted by molar-refractivity contribution is -0.144. The number of anilines is 5. The minimum atomic E-state index is -1.31. The fourth-order valence-electron chi connectivity index (χ4n) is 19.4. The van der Waals surface area contributed by atoms with Crippen molar-refractivity contribution in [2.75, 3.05) is 164 Å². The number of β-amino-alcohol motifs (C(OH)–C–C–N with tert-alkyl or cyclic N) is 1. The number of hydrogen-bond acceptors (Lipinski definition) is 28. The van der Waals surface area contributed by atoms with Crippen LogP contribution in [0.2, 0.25) is 0 Å². The van der Waals surface area contributed by atoms with Gasteiger partial charge in [-0.1, -0.05) is 130 Å². The maximum absolute atomic E-state index is 14.4. The van der Waals surface area contributed by atoms with Crippen LogP contribution < -0.4 is 41.7 Å². The fraction of sp³-hybridized carbons (Fsp3) is 0.364. The van der Waals surface area contributed by atoms with Crippen molar-refractivity contribution in [2.24, 2.45) is 5.41 Å². The molecule has 3 aromatic heterocycles. The maximum Gasteiger partial charge on any atom is 0.264 e. The Labute approximate surface area is 873 Å². The van der Waals surface area contributed by atoms with Gasteiger partial charge in [0.05, 0.1) is 89.7 Å². The second kappa shape index (κ2) is 49.2. The molecule has 7 aliphatic rings. The minimum Gasteiger partial charge on any atom is -0.508 e. The number of aliphatic hydroxyl groups is 1. The third-order valence-electron chi connectivity index (χ3n) is 27.3. The first-order valence-corrected chi connectivity index (χ1v) is 52.5. The number of rotatable bonds is 41. The van der Waals surface area contributed by atoms with E-state index in [2.05, 4.69) is 99.2 Å². The van der Waals surface area contributed by atoms with Crippen molar-refractivity contribution in [3.63, 3.8) is 0 Å². The molecule has 0 bridgehead atoms. The van der Waals surface area contributed by atoms with Crippen molar-refractivity contribution < 1.29 is 95.8 Å². The van der Waals surface area contributed by atoms with Crippen molar-refractivity contribution in [3.05, 3.63) is 272 Å². The van der Waals surface area contributed by atoms with Crippen LogP contribution in [0, 0.1) is 18.2 Å². The number of carbonyl (C=O) groups is 12. The van der Waals surface area contributed by atoms with Gasteiger partial charge >= 0.3 is 0 Å². The molecule has 778 valence electrons. The Morgan fingerprint density at radius 1 is 0.557 bits per heavy atom. The zero-order valence-electron chi connectivity index (χ0n) is 83.1. The molecule has 3 unspecified atom stereocenters.